The van der Waals surface area contributed by atoms with Gasteiger partial charge in [-0.3, -0.25) is 0 Å². The molecule has 2 aromatic rings. The van der Waals surface area contributed by atoms with Crippen LogP contribution in [0.4, 0.5) is 0 Å². The Morgan fingerprint density at radius 2 is 2.43 bits per heavy atom. The second-order valence-electron chi connectivity index (χ2n) is 2.99. The molecule has 5 heteroatoms. The molecule has 0 aromatic carbocycles. The predicted octanol–water partition coefficient (Wildman–Crippen LogP) is 3.08. The lowest BCUT2D eigenvalue weighted by Crippen LogP contribution is -2.04. The molecule has 14 heavy (non-hydrogen) atoms. The van der Waals surface area contributed by atoms with Crippen molar-refractivity contribution in [1.29, 1.82) is 0 Å². The number of rotatable bonds is 2. The molecule has 1 atom stereocenters. The van der Waals surface area contributed by atoms with Gasteiger partial charge in [-0.1, -0.05) is 11.6 Å². The van der Waals surface area contributed by atoms with Gasteiger partial charge in [-0.05, 0) is 13.0 Å². The van der Waals surface area contributed by atoms with E-state index in [1.54, 1.807) is 6.20 Å². The summed E-state index contributed by atoms with van der Waals surface area (Å²) in [5, 5.41) is 1.92. The van der Waals surface area contributed by atoms with E-state index in [1.807, 2.05) is 18.4 Å². The molecule has 74 valence electrons. The van der Waals surface area contributed by atoms with Gasteiger partial charge in [0.05, 0.1) is 16.6 Å². The van der Waals surface area contributed by atoms with E-state index in [4.69, 9.17) is 21.8 Å². The van der Waals surface area contributed by atoms with Crippen LogP contribution in [-0.2, 0) is 0 Å². The number of hydrogen-bond acceptors (Lipinski definition) is 4. The monoisotopic (exact) mass is 228 g/mol. The number of hydrogen-bond donors (Lipinski definition) is 1. The smallest absolute Gasteiger partial charge is 0.211 e. The van der Waals surface area contributed by atoms with Gasteiger partial charge >= 0.3 is 0 Å². The van der Waals surface area contributed by atoms with Crippen molar-refractivity contribution in [1.82, 2.24) is 4.98 Å². The molecule has 0 fully saturated rings. The minimum absolute atomic E-state index is 0.183. The Labute approximate surface area is 90.5 Å². The maximum atomic E-state index is 5.81. The largest absolute Gasteiger partial charge is 0.439 e. The van der Waals surface area contributed by atoms with Crippen molar-refractivity contribution >= 4 is 22.9 Å². The zero-order valence-corrected chi connectivity index (χ0v) is 9.10. The van der Waals surface area contributed by atoms with Gasteiger partial charge in [0.25, 0.3) is 0 Å². The van der Waals surface area contributed by atoms with Crippen LogP contribution < -0.4 is 5.73 Å². The number of oxazole rings is 1. The summed E-state index contributed by atoms with van der Waals surface area (Å²) < 4.78 is 6.19. The maximum Gasteiger partial charge on any atom is 0.211 e. The van der Waals surface area contributed by atoms with E-state index in [0.29, 0.717) is 11.7 Å². The van der Waals surface area contributed by atoms with Crippen molar-refractivity contribution in [2.45, 2.75) is 13.0 Å². The van der Waals surface area contributed by atoms with Crippen molar-refractivity contribution in [3.63, 3.8) is 0 Å². The Morgan fingerprint density at radius 3 is 2.93 bits per heavy atom. The highest BCUT2D eigenvalue weighted by Gasteiger charge is 2.10. The summed E-state index contributed by atoms with van der Waals surface area (Å²) in [7, 11) is 0. The average molecular weight is 229 g/mol. The SMILES string of the molecule is CC(N)c1ncc(-c2csc(Cl)c2)o1. The molecule has 0 spiro atoms. The minimum Gasteiger partial charge on any atom is -0.439 e. The molecular weight excluding hydrogens is 220 g/mol. The van der Waals surface area contributed by atoms with Crippen LogP contribution in [0.25, 0.3) is 11.3 Å². The van der Waals surface area contributed by atoms with E-state index in [-0.39, 0.29) is 6.04 Å². The van der Waals surface area contributed by atoms with Gasteiger partial charge in [0, 0.05) is 10.9 Å². The van der Waals surface area contributed by atoms with Gasteiger partial charge in [-0.25, -0.2) is 4.98 Å². The van der Waals surface area contributed by atoms with Gasteiger partial charge in [0.2, 0.25) is 5.89 Å². The molecule has 3 nitrogen and oxygen atoms in total. The minimum atomic E-state index is -0.183. The van der Waals surface area contributed by atoms with E-state index in [2.05, 4.69) is 4.98 Å². The molecule has 0 radical (unpaired) electrons. The van der Waals surface area contributed by atoms with Crippen molar-refractivity contribution in [2.75, 3.05) is 0 Å². The molecule has 1 unspecified atom stereocenters. The lowest BCUT2D eigenvalue weighted by atomic mass is 10.3. The first-order valence-electron chi connectivity index (χ1n) is 4.12. The van der Waals surface area contributed by atoms with E-state index in [9.17, 15) is 0 Å². The van der Waals surface area contributed by atoms with E-state index in [0.717, 1.165) is 9.90 Å². The number of nitrogens with zero attached hydrogens (tertiary/aromatic N) is 1. The summed E-state index contributed by atoms with van der Waals surface area (Å²) in [5.41, 5.74) is 6.57. The van der Waals surface area contributed by atoms with Gasteiger partial charge in [0.15, 0.2) is 5.76 Å². The van der Waals surface area contributed by atoms with Crippen LogP contribution in [0, 0.1) is 0 Å². The number of nitrogens with two attached hydrogens (primary N) is 1. The zero-order chi connectivity index (χ0) is 10.1. The molecule has 0 amide bonds. The standard InChI is InChI=1S/C9H9ClN2OS/c1-5(11)9-12-3-7(13-9)6-2-8(10)14-4-6/h2-5H,11H2,1H3. The number of thiophene rings is 1. The highest BCUT2D eigenvalue weighted by Crippen LogP contribution is 2.29. The van der Waals surface area contributed by atoms with Crippen molar-refractivity contribution in [3.05, 3.63) is 27.9 Å². The highest BCUT2D eigenvalue weighted by atomic mass is 35.5. The van der Waals surface area contributed by atoms with Crippen LogP contribution in [0.5, 0.6) is 0 Å². The lowest BCUT2D eigenvalue weighted by Gasteiger charge is -1.96. The molecule has 0 aliphatic carbocycles. The van der Waals surface area contributed by atoms with Crippen molar-refractivity contribution < 1.29 is 4.42 Å². The van der Waals surface area contributed by atoms with E-state index >= 15 is 0 Å². The Morgan fingerprint density at radius 1 is 1.64 bits per heavy atom. The molecule has 2 heterocycles. The lowest BCUT2D eigenvalue weighted by molar-refractivity contribution is 0.474. The molecule has 0 aliphatic rings. The topological polar surface area (TPSA) is 52.0 Å². The summed E-state index contributed by atoms with van der Waals surface area (Å²) in [6.07, 6.45) is 1.66. The summed E-state index contributed by atoms with van der Waals surface area (Å²) >= 11 is 7.27. The molecule has 2 rings (SSSR count). The van der Waals surface area contributed by atoms with Gasteiger partial charge in [-0.2, -0.15) is 0 Å². The van der Waals surface area contributed by atoms with Crippen LogP contribution in [0.15, 0.2) is 22.1 Å². The fourth-order valence-electron chi connectivity index (χ4n) is 1.07. The maximum absolute atomic E-state index is 5.81. The van der Waals surface area contributed by atoms with Crippen LogP contribution in [0.3, 0.4) is 0 Å². The summed E-state index contributed by atoms with van der Waals surface area (Å²) in [6, 6.07) is 1.66. The van der Waals surface area contributed by atoms with Crippen LogP contribution in [0.2, 0.25) is 4.34 Å². The summed E-state index contributed by atoms with van der Waals surface area (Å²) in [6.45, 7) is 1.83. The fourth-order valence-corrected chi connectivity index (χ4v) is 1.94. The molecule has 2 N–H and O–H groups in total. The summed E-state index contributed by atoms with van der Waals surface area (Å²) in [4.78, 5) is 4.07. The van der Waals surface area contributed by atoms with Gasteiger partial charge in [-0.15, -0.1) is 11.3 Å². The van der Waals surface area contributed by atoms with Crippen molar-refractivity contribution in [2.24, 2.45) is 5.73 Å². The van der Waals surface area contributed by atoms with Gasteiger partial charge in [0.1, 0.15) is 0 Å². The van der Waals surface area contributed by atoms with E-state index < -0.39 is 0 Å². The molecule has 0 aliphatic heterocycles. The number of aromatic nitrogens is 1. The van der Waals surface area contributed by atoms with Crippen LogP contribution >= 0.6 is 22.9 Å². The Hall–Kier alpha value is -0.840. The second-order valence-corrected chi connectivity index (χ2v) is 4.53. The highest BCUT2D eigenvalue weighted by molar-refractivity contribution is 7.14. The van der Waals surface area contributed by atoms with Crippen molar-refractivity contribution in [3.8, 4) is 11.3 Å². The second kappa shape index (κ2) is 3.73. The fraction of sp³-hybridized carbons (Fsp3) is 0.222. The van der Waals surface area contributed by atoms with Gasteiger partial charge < -0.3 is 10.2 Å². The average Bonchev–Trinajstić information content (AvgIpc) is 2.70. The van der Waals surface area contributed by atoms with Crippen LogP contribution in [0.1, 0.15) is 18.9 Å². The Bertz CT molecular complexity index is 435. The Balaban J connectivity index is 2.33. The zero-order valence-electron chi connectivity index (χ0n) is 7.53. The molecule has 0 bridgehead atoms. The first-order valence-corrected chi connectivity index (χ1v) is 5.38. The quantitative estimate of drug-likeness (QED) is 0.860. The molecular formula is C9H9ClN2OS. The molecule has 0 saturated heterocycles. The first-order chi connectivity index (χ1) is 6.66. The third kappa shape index (κ3) is 1.82. The summed E-state index contributed by atoms with van der Waals surface area (Å²) in [5.74, 6) is 1.25. The van der Waals surface area contributed by atoms with E-state index in [1.165, 1.54) is 11.3 Å². The van der Waals surface area contributed by atoms with Crippen LogP contribution in [-0.4, -0.2) is 4.98 Å². The number of halogens is 1. The molecule has 2 aromatic heterocycles. The third-order valence-corrected chi connectivity index (χ3v) is 2.86. The third-order valence-electron chi connectivity index (χ3n) is 1.77. The predicted molar refractivity (Wildman–Crippen MR) is 57.4 cm³/mol. The first kappa shape index (κ1) is 9.71. The molecule has 0 saturated carbocycles. The normalized spacial score (nSPS) is 13.1. The Kier molecular flexibility index (Phi) is 2.58.